The van der Waals surface area contributed by atoms with E-state index in [1.165, 1.54) is 4.68 Å². The van der Waals surface area contributed by atoms with Crippen molar-refractivity contribution in [3.05, 3.63) is 85.7 Å². The lowest BCUT2D eigenvalue weighted by Crippen LogP contribution is -2.54. The van der Waals surface area contributed by atoms with Gasteiger partial charge in [0.15, 0.2) is 0 Å². The lowest BCUT2D eigenvalue weighted by Gasteiger charge is -2.37. The molecule has 2 aromatic carbocycles. The normalized spacial score (nSPS) is 22.5. The van der Waals surface area contributed by atoms with Crippen LogP contribution in [0.25, 0.3) is 0 Å². The van der Waals surface area contributed by atoms with Gasteiger partial charge in [-0.2, -0.15) is 5.10 Å². The molecule has 7 rings (SSSR count). The fourth-order valence-corrected chi connectivity index (χ4v) is 8.28. The number of carbonyl (C=O) groups excluding carboxylic acids is 5. The van der Waals surface area contributed by atoms with Crippen molar-refractivity contribution in [3.8, 4) is 0 Å². The van der Waals surface area contributed by atoms with Crippen molar-refractivity contribution in [2.24, 2.45) is 7.05 Å². The lowest BCUT2D eigenvalue weighted by atomic mass is 9.87. The van der Waals surface area contributed by atoms with Crippen molar-refractivity contribution in [1.82, 2.24) is 35.1 Å². The van der Waals surface area contributed by atoms with Gasteiger partial charge in [0.05, 0.1) is 28.7 Å². The van der Waals surface area contributed by atoms with Gasteiger partial charge in [0.25, 0.3) is 23.3 Å². The summed E-state index contributed by atoms with van der Waals surface area (Å²) in [6, 6.07) is 12.1. The number of halogens is 1. The molecule has 0 saturated carbocycles. The van der Waals surface area contributed by atoms with Crippen molar-refractivity contribution in [1.29, 1.82) is 0 Å². The number of hydrogen-bond donors (Lipinski definition) is 3. The summed E-state index contributed by atoms with van der Waals surface area (Å²) in [4.78, 5) is 83.9. The molecule has 16 heteroatoms. The van der Waals surface area contributed by atoms with Crippen molar-refractivity contribution in [3.63, 3.8) is 0 Å². The maximum absolute atomic E-state index is 13.5. The average Bonchev–Trinajstić information content (AvgIpc) is 3.40. The third kappa shape index (κ3) is 7.48. The number of aromatic nitrogens is 2. The molecule has 5 amide bonds. The molecule has 278 valence electrons. The molecule has 3 N–H and O–H groups in total. The number of piperidine rings is 2. The van der Waals surface area contributed by atoms with E-state index in [0.717, 1.165) is 30.0 Å². The lowest BCUT2D eigenvalue weighted by molar-refractivity contribution is -0.136. The summed E-state index contributed by atoms with van der Waals surface area (Å²) in [5.74, 6) is -1.95. The Morgan fingerprint density at radius 1 is 0.962 bits per heavy atom. The highest BCUT2D eigenvalue weighted by Crippen LogP contribution is 2.35. The second kappa shape index (κ2) is 15.2. The topological polar surface area (TPSA) is 169 Å². The van der Waals surface area contributed by atoms with E-state index in [0.29, 0.717) is 66.2 Å². The Hall–Kier alpha value is -4.93. The van der Waals surface area contributed by atoms with Gasteiger partial charge in [0.1, 0.15) is 10.5 Å². The van der Waals surface area contributed by atoms with Gasteiger partial charge in [-0.3, -0.25) is 43.9 Å². The van der Waals surface area contributed by atoms with Gasteiger partial charge >= 0.3 is 0 Å². The number of benzene rings is 2. The number of carbonyl (C=O) groups is 5. The van der Waals surface area contributed by atoms with Gasteiger partial charge in [-0.25, -0.2) is 4.68 Å². The van der Waals surface area contributed by atoms with Gasteiger partial charge in [-0.15, -0.1) is 0 Å². The smallest absolute Gasteiger partial charge is 0.282 e. The minimum absolute atomic E-state index is 0.0710. The van der Waals surface area contributed by atoms with Crippen LogP contribution < -0.4 is 26.4 Å². The number of likely N-dealkylation sites (tertiary alicyclic amines) is 1. The Balaban J connectivity index is 0.890. The number of amides is 5. The van der Waals surface area contributed by atoms with Gasteiger partial charge < -0.3 is 20.4 Å². The minimum atomic E-state index is -1.01. The summed E-state index contributed by atoms with van der Waals surface area (Å²) in [5, 5.41) is 12.9. The van der Waals surface area contributed by atoms with Crippen molar-refractivity contribution < 1.29 is 24.0 Å². The molecule has 53 heavy (non-hydrogen) atoms. The molecule has 3 atom stereocenters. The van der Waals surface area contributed by atoms with Gasteiger partial charge in [-0.05, 0) is 71.6 Å². The molecule has 1 aromatic heterocycles. The molecule has 0 aliphatic carbocycles. The number of imide groups is 2. The number of anilines is 2. The molecule has 3 fully saturated rings. The van der Waals surface area contributed by atoms with E-state index in [1.54, 1.807) is 25.4 Å². The van der Waals surface area contributed by atoms with Crippen LogP contribution in [0, 0.1) is 0 Å². The summed E-state index contributed by atoms with van der Waals surface area (Å²) >= 11 is 3.40. The van der Waals surface area contributed by atoms with Crippen LogP contribution in [-0.2, 0) is 16.6 Å². The first kappa shape index (κ1) is 36.4. The predicted octanol–water partition coefficient (Wildman–Crippen LogP) is 1.40. The zero-order valence-corrected chi connectivity index (χ0v) is 31.2. The molecule has 4 aliphatic rings. The zero-order valence-electron chi connectivity index (χ0n) is 29.6. The first-order valence-electron chi connectivity index (χ1n) is 17.9. The molecule has 0 radical (unpaired) electrons. The quantitative estimate of drug-likeness (QED) is 0.268. The van der Waals surface area contributed by atoms with Gasteiger partial charge in [0, 0.05) is 77.4 Å². The van der Waals surface area contributed by atoms with Crippen LogP contribution >= 0.6 is 15.9 Å². The van der Waals surface area contributed by atoms with Crippen LogP contribution in [0.2, 0.25) is 0 Å². The van der Waals surface area contributed by atoms with Crippen LogP contribution in [0.3, 0.4) is 0 Å². The summed E-state index contributed by atoms with van der Waals surface area (Å²) in [6.45, 7) is 5.49. The van der Waals surface area contributed by atoms with Crippen LogP contribution in [0.4, 0.5) is 11.4 Å². The van der Waals surface area contributed by atoms with E-state index >= 15 is 0 Å². The Bertz CT molecular complexity index is 2010. The van der Waals surface area contributed by atoms with E-state index in [9.17, 15) is 28.8 Å². The Morgan fingerprint density at radius 3 is 2.45 bits per heavy atom. The third-order valence-electron chi connectivity index (χ3n) is 10.6. The molecular formula is C37H42BrN9O6. The van der Waals surface area contributed by atoms with Crippen LogP contribution in [0.5, 0.6) is 0 Å². The number of fused-ring (bicyclic) bond motifs is 1. The molecule has 0 bridgehead atoms. The third-order valence-corrected chi connectivity index (χ3v) is 11.4. The summed E-state index contributed by atoms with van der Waals surface area (Å²) in [5.41, 5.74) is 3.45. The first-order valence-corrected chi connectivity index (χ1v) is 18.6. The highest BCUT2D eigenvalue weighted by molar-refractivity contribution is 9.10. The predicted molar refractivity (Wildman–Crippen MR) is 200 cm³/mol. The van der Waals surface area contributed by atoms with Crippen LogP contribution in [-0.4, -0.2) is 126 Å². The standard InChI is InChI=1S/C37H42BrN9O6/c1-43-20-24(18-25(21-43)41-27-19-40-44(2)37(53)32(27)38)22-6-8-23(9-7-22)33(49)39-12-13-45-14-16-46(17-15-45)28-5-3-4-26-31(28)36(52)47(35(26)51)29-10-11-30(48)42-34(29)50/h3-9,19,24-25,29,41H,10-18,20-21H2,1-2H3,(H,39,49)(H,42,48,50)/t24-,25+,29?/m0/s1. The van der Waals surface area contributed by atoms with E-state index < -0.39 is 29.7 Å². The molecule has 1 unspecified atom stereocenters. The zero-order chi connectivity index (χ0) is 37.4. The van der Waals surface area contributed by atoms with Crippen molar-refractivity contribution in [2.45, 2.75) is 37.3 Å². The molecule has 3 saturated heterocycles. The molecule has 4 aliphatic heterocycles. The molecule has 5 heterocycles. The molecule has 3 aromatic rings. The number of piperazine rings is 1. The number of rotatable bonds is 9. The summed E-state index contributed by atoms with van der Waals surface area (Å²) in [6.07, 6.45) is 2.71. The molecule has 15 nitrogen and oxygen atoms in total. The largest absolute Gasteiger partial charge is 0.379 e. The fourth-order valence-electron chi connectivity index (χ4n) is 7.81. The second-order valence-corrected chi connectivity index (χ2v) is 14.9. The van der Waals surface area contributed by atoms with Crippen LogP contribution in [0.15, 0.2) is 57.9 Å². The highest BCUT2D eigenvalue weighted by Gasteiger charge is 2.46. The Kier molecular flexibility index (Phi) is 10.4. The maximum Gasteiger partial charge on any atom is 0.282 e. The van der Waals surface area contributed by atoms with Crippen LogP contribution in [0.1, 0.15) is 61.8 Å². The summed E-state index contributed by atoms with van der Waals surface area (Å²) in [7, 11) is 3.69. The van der Waals surface area contributed by atoms with E-state index in [1.807, 2.05) is 30.3 Å². The van der Waals surface area contributed by atoms with Crippen molar-refractivity contribution in [2.75, 3.05) is 69.6 Å². The SMILES string of the molecule is CN1C[C@H](Nc2cnn(C)c(=O)c2Br)C[C@H](c2ccc(C(=O)NCCN3CCN(c4cccc5c4C(=O)N(C4CCC(=O)NC4=O)C5=O)CC3)cc2)C1. The monoisotopic (exact) mass is 787 g/mol. The van der Waals surface area contributed by atoms with Crippen molar-refractivity contribution >= 4 is 56.8 Å². The number of hydrogen-bond acceptors (Lipinski definition) is 11. The minimum Gasteiger partial charge on any atom is -0.379 e. The molecular weight excluding hydrogens is 746 g/mol. The van der Waals surface area contributed by atoms with Gasteiger partial charge in [-0.1, -0.05) is 18.2 Å². The highest BCUT2D eigenvalue weighted by atomic mass is 79.9. The van der Waals surface area contributed by atoms with E-state index in [4.69, 9.17) is 0 Å². The fraction of sp³-hybridized carbons (Fsp3) is 0.432. The van der Waals surface area contributed by atoms with E-state index in [-0.39, 0.29) is 41.8 Å². The Morgan fingerprint density at radius 2 is 1.72 bits per heavy atom. The summed E-state index contributed by atoms with van der Waals surface area (Å²) < 4.78 is 1.75. The van der Waals surface area contributed by atoms with E-state index in [2.05, 4.69) is 58.7 Å². The maximum atomic E-state index is 13.5. The number of likely N-dealkylation sites (N-methyl/N-ethyl adjacent to an activating group) is 1. The number of aryl methyl sites for hydroxylation is 1. The average molecular weight is 789 g/mol. The number of nitrogens with one attached hydrogen (secondary N) is 3. The molecule has 0 spiro atoms. The number of nitrogens with zero attached hydrogens (tertiary/aromatic N) is 6. The first-order chi connectivity index (χ1) is 25.5. The van der Waals surface area contributed by atoms with Gasteiger partial charge in [0.2, 0.25) is 11.8 Å². The Labute approximate surface area is 314 Å². The second-order valence-electron chi connectivity index (χ2n) is 14.1.